The number of benzene rings is 2. The van der Waals surface area contributed by atoms with Crippen LogP contribution in [0, 0.1) is 5.82 Å². The van der Waals surface area contributed by atoms with Gasteiger partial charge in [-0.05, 0) is 41.2 Å². The molecule has 2 aromatic rings. The Bertz CT molecular complexity index is 899. The molecule has 6 nitrogen and oxygen atoms in total. The third-order valence-corrected chi connectivity index (χ3v) is 5.93. The summed E-state index contributed by atoms with van der Waals surface area (Å²) < 4.78 is 25.6. The lowest BCUT2D eigenvalue weighted by atomic mass is 9.85. The molecule has 0 amide bonds. The number of aryl methyl sites for hydroxylation is 2. The topological polar surface area (TPSA) is 99.4 Å². The van der Waals surface area contributed by atoms with Crippen molar-refractivity contribution < 1.29 is 34.3 Å². The Balaban J connectivity index is 1.68. The van der Waals surface area contributed by atoms with Gasteiger partial charge < -0.3 is 29.9 Å². The third-order valence-electron chi connectivity index (χ3n) is 5.93. The van der Waals surface area contributed by atoms with Crippen LogP contribution < -0.4 is 4.74 Å². The molecule has 29 heavy (non-hydrogen) atoms. The SMILES string of the molecule is COc1cc(F)c(Cc2ccc3c(c2)CC3)cc1[C@@H]1O[C@H](CO)[C@@H](O)[C@H](O)[C@H]1O. The Morgan fingerprint density at radius 3 is 2.41 bits per heavy atom. The van der Waals surface area contributed by atoms with Gasteiger partial charge in [0.05, 0.1) is 13.7 Å². The van der Waals surface area contributed by atoms with Crippen LogP contribution in [0.3, 0.4) is 0 Å². The Hall–Kier alpha value is -2.03. The van der Waals surface area contributed by atoms with Gasteiger partial charge in [0, 0.05) is 18.1 Å². The van der Waals surface area contributed by atoms with E-state index in [0.29, 0.717) is 17.5 Å². The molecule has 2 aliphatic rings. The second kappa shape index (κ2) is 8.01. The van der Waals surface area contributed by atoms with Crippen molar-refractivity contribution >= 4 is 0 Å². The van der Waals surface area contributed by atoms with E-state index in [9.17, 15) is 24.8 Å². The molecule has 1 aliphatic heterocycles. The van der Waals surface area contributed by atoms with Crippen molar-refractivity contribution in [2.75, 3.05) is 13.7 Å². The minimum Gasteiger partial charge on any atom is -0.496 e. The first-order chi connectivity index (χ1) is 13.9. The first kappa shape index (κ1) is 20.3. The van der Waals surface area contributed by atoms with Crippen LogP contribution in [0.5, 0.6) is 5.75 Å². The summed E-state index contributed by atoms with van der Waals surface area (Å²) in [5.74, 6) is -0.286. The number of hydrogen-bond acceptors (Lipinski definition) is 6. The second-order valence-electron chi connectivity index (χ2n) is 7.71. The molecule has 0 saturated carbocycles. The summed E-state index contributed by atoms with van der Waals surface area (Å²) in [7, 11) is 1.37. The molecule has 0 bridgehead atoms. The summed E-state index contributed by atoms with van der Waals surface area (Å²) in [6.45, 7) is -0.535. The normalized spacial score (nSPS) is 28.6. The molecule has 0 aromatic heterocycles. The van der Waals surface area contributed by atoms with Crippen LogP contribution in [0.25, 0.3) is 0 Å². The molecule has 2 aromatic carbocycles. The van der Waals surface area contributed by atoms with Crippen molar-refractivity contribution in [1.82, 2.24) is 0 Å². The van der Waals surface area contributed by atoms with Crippen molar-refractivity contribution in [1.29, 1.82) is 0 Å². The van der Waals surface area contributed by atoms with Gasteiger partial charge >= 0.3 is 0 Å². The highest BCUT2D eigenvalue weighted by molar-refractivity contribution is 5.44. The zero-order chi connectivity index (χ0) is 20.7. The Labute approximate surface area is 168 Å². The number of hydrogen-bond donors (Lipinski definition) is 4. The minimum atomic E-state index is -1.52. The van der Waals surface area contributed by atoms with E-state index in [4.69, 9.17) is 9.47 Å². The summed E-state index contributed by atoms with van der Waals surface area (Å²) in [4.78, 5) is 0. The quantitative estimate of drug-likeness (QED) is 0.594. The van der Waals surface area contributed by atoms with Gasteiger partial charge in [0.1, 0.15) is 42.1 Å². The van der Waals surface area contributed by atoms with Gasteiger partial charge in [0.2, 0.25) is 0 Å². The lowest BCUT2D eigenvalue weighted by Gasteiger charge is -2.40. The first-order valence-corrected chi connectivity index (χ1v) is 9.70. The number of fused-ring (bicyclic) bond motifs is 1. The lowest BCUT2D eigenvalue weighted by Crippen LogP contribution is -2.55. The van der Waals surface area contributed by atoms with Crippen molar-refractivity contribution in [3.05, 3.63) is 64.0 Å². The van der Waals surface area contributed by atoms with Crippen molar-refractivity contribution in [2.24, 2.45) is 0 Å². The van der Waals surface area contributed by atoms with Gasteiger partial charge in [0.15, 0.2) is 0 Å². The fourth-order valence-corrected chi connectivity index (χ4v) is 4.09. The van der Waals surface area contributed by atoms with Gasteiger partial charge in [-0.3, -0.25) is 0 Å². The van der Waals surface area contributed by atoms with Gasteiger partial charge in [-0.1, -0.05) is 18.2 Å². The minimum absolute atomic E-state index is 0.160. The van der Waals surface area contributed by atoms with Crippen LogP contribution in [0.2, 0.25) is 0 Å². The Morgan fingerprint density at radius 1 is 1.03 bits per heavy atom. The van der Waals surface area contributed by atoms with E-state index < -0.39 is 42.9 Å². The van der Waals surface area contributed by atoms with E-state index in [2.05, 4.69) is 12.1 Å². The molecule has 1 aliphatic carbocycles. The van der Waals surface area contributed by atoms with Crippen molar-refractivity contribution in [2.45, 2.75) is 49.8 Å². The van der Waals surface area contributed by atoms with Crippen molar-refractivity contribution in [3.63, 3.8) is 0 Å². The molecular weight excluding hydrogens is 379 g/mol. The van der Waals surface area contributed by atoms with Crippen LogP contribution in [-0.4, -0.2) is 58.6 Å². The molecule has 1 heterocycles. The molecule has 0 unspecified atom stereocenters. The summed E-state index contributed by atoms with van der Waals surface area (Å²) in [5.41, 5.74) is 4.34. The monoisotopic (exact) mass is 404 g/mol. The third kappa shape index (κ3) is 3.65. The van der Waals surface area contributed by atoms with Gasteiger partial charge in [0.25, 0.3) is 0 Å². The largest absolute Gasteiger partial charge is 0.496 e. The van der Waals surface area contributed by atoms with E-state index in [1.165, 1.54) is 24.3 Å². The van der Waals surface area contributed by atoms with Crippen LogP contribution in [-0.2, 0) is 24.0 Å². The number of methoxy groups -OCH3 is 1. The fourth-order valence-electron chi connectivity index (χ4n) is 4.09. The highest BCUT2D eigenvalue weighted by Crippen LogP contribution is 2.38. The van der Waals surface area contributed by atoms with E-state index >= 15 is 0 Å². The number of ether oxygens (including phenoxy) is 2. The molecular formula is C22H25FO6. The predicted octanol–water partition coefficient (Wildman–Crippen LogP) is 1.04. The average Bonchev–Trinajstić information content (AvgIpc) is 2.70. The van der Waals surface area contributed by atoms with Crippen LogP contribution >= 0.6 is 0 Å². The number of aliphatic hydroxyl groups is 4. The summed E-state index contributed by atoms with van der Waals surface area (Å²) in [6, 6.07) is 8.91. The van der Waals surface area contributed by atoms with Crippen LogP contribution in [0.4, 0.5) is 4.39 Å². The molecule has 1 saturated heterocycles. The maximum Gasteiger partial charge on any atom is 0.130 e. The molecule has 156 valence electrons. The molecule has 1 fully saturated rings. The number of aliphatic hydroxyl groups excluding tert-OH is 4. The first-order valence-electron chi connectivity index (χ1n) is 9.70. The van der Waals surface area contributed by atoms with E-state index in [1.54, 1.807) is 6.07 Å². The van der Waals surface area contributed by atoms with Gasteiger partial charge in [-0.15, -0.1) is 0 Å². The molecule has 4 N–H and O–H groups in total. The maximum absolute atomic E-state index is 14.7. The zero-order valence-electron chi connectivity index (χ0n) is 16.1. The molecule has 0 radical (unpaired) electrons. The number of rotatable bonds is 5. The standard InChI is InChI=1S/C22H25FO6/c1-28-17-9-16(23)14(7-11-2-3-12-4-5-13(12)6-11)8-15(17)22-21(27)20(26)19(25)18(10-24)29-22/h2-3,6,8-9,18-22,24-27H,4-5,7,10H2,1H3/t18-,19-,20+,21-,22+/m1/s1. The second-order valence-corrected chi connectivity index (χ2v) is 7.71. The smallest absolute Gasteiger partial charge is 0.130 e. The van der Waals surface area contributed by atoms with Gasteiger partial charge in [-0.25, -0.2) is 4.39 Å². The van der Waals surface area contributed by atoms with E-state index in [0.717, 1.165) is 18.4 Å². The van der Waals surface area contributed by atoms with Crippen LogP contribution in [0.1, 0.15) is 33.9 Å². The fraction of sp³-hybridized carbons (Fsp3) is 0.455. The van der Waals surface area contributed by atoms with Crippen LogP contribution in [0.15, 0.2) is 30.3 Å². The summed E-state index contributed by atoms with van der Waals surface area (Å²) in [6.07, 6.45) is -4.11. The zero-order valence-corrected chi connectivity index (χ0v) is 16.1. The molecule has 4 rings (SSSR count). The van der Waals surface area contributed by atoms with E-state index in [1.807, 2.05) is 6.07 Å². The summed E-state index contributed by atoms with van der Waals surface area (Å²) >= 11 is 0. The highest BCUT2D eigenvalue weighted by atomic mass is 19.1. The number of halogens is 1. The Kier molecular flexibility index (Phi) is 5.59. The molecule has 7 heteroatoms. The maximum atomic E-state index is 14.7. The Morgan fingerprint density at radius 2 is 1.79 bits per heavy atom. The highest BCUT2D eigenvalue weighted by Gasteiger charge is 2.45. The molecule has 5 atom stereocenters. The van der Waals surface area contributed by atoms with Gasteiger partial charge in [-0.2, -0.15) is 0 Å². The van der Waals surface area contributed by atoms with E-state index in [-0.39, 0.29) is 5.75 Å². The lowest BCUT2D eigenvalue weighted by molar-refractivity contribution is -0.232. The predicted molar refractivity (Wildman–Crippen MR) is 102 cm³/mol. The summed E-state index contributed by atoms with van der Waals surface area (Å²) in [5, 5.41) is 40.0. The average molecular weight is 404 g/mol. The van der Waals surface area contributed by atoms with Crippen molar-refractivity contribution in [3.8, 4) is 5.75 Å². The molecule has 0 spiro atoms.